The third-order valence-electron chi connectivity index (χ3n) is 5.69. The van der Waals surface area contributed by atoms with E-state index in [1.807, 2.05) is 0 Å². The van der Waals surface area contributed by atoms with Crippen LogP contribution in [0.3, 0.4) is 0 Å². The summed E-state index contributed by atoms with van der Waals surface area (Å²) in [6.45, 7) is 2.18. The highest BCUT2D eigenvalue weighted by Crippen LogP contribution is 2.37. The molecule has 0 aromatic heterocycles. The molecule has 33 heavy (non-hydrogen) atoms. The number of non-ortho nitro benzene ring substituents is 1. The van der Waals surface area contributed by atoms with E-state index in [1.165, 1.54) is 26.2 Å². The fourth-order valence-corrected chi connectivity index (χ4v) is 3.88. The van der Waals surface area contributed by atoms with Crippen LogP contribution < -0.4 is 10.1 Å². The van der Waals surface area contributed by atoms with E-state index < -0.39 is 64.2 Å². The Balaban J connectivity index is 1.99. The van der Waals surface area contributed by atoms with E-state index in [1.54, 1.807) is 0 Å². The molecule has 0 bridgehead atoms. The van der Waals surface area contributed by atoms with Crippen molar-refractivity contribution >= 4 is 17.6 Å². The number of nitro groups is 1. The summed E-state index contributed by atoms with van der Waals surface area (Å²) in [6.07, 6.45) is -2.13. The van der Waals surface area contributed by atoms with E-state index in [0.717, 1.165) is 30.0 Å². The van der Waals surface area contributed by atoms with Crippen LogP contribution in [0.5, 0.6) is 5.75 Å². The van der Waals surface area contributed by atoms with Gasteiger partial charge < -0.3 is 9.47 Å². The molecule has 9 nitrogen and oxygen atoms in total. The Morgan fingerprint density at radius 3 is 2.33 bits per heavy atom. The molecule has 0 radical (unpaired) electrons. The van der Waals surface area contributed by atoms with Gasteiger partial charge in [0.15, 0.2) is 23.8 Å². The molecule has 1 saturated heterocycles. The number of nitro benzene ring substituents is 1. The molecule has 1 heterocycles. The largest absolute Gasteiger partial charge is 0.418 e. The van der Waals surface area contributed by atoms with Crippen molar-refractivity contribution < 1.29 is 37.2 Å². The van der Waals surface area contributed by atoms with Crippen LogP contribution in [0.15, 0.2) is 36.4 Å². The fraction of sp³-hybridized carbons (Fsp3) is 0.333. The molecule has 3 atom stereocenters. The number of nitrogens with one attached hydrogen (secondary N) is 1. The van der Waals surface area contributed by atoms with E-state index in [0.29, 0.717) is 6.07 Å². The monoisotopic (exact) mass is 467 g/mol. The zero-order valence-corrected chi connectivity index (χ0v) is 17.8. The fourth-order valence-electron chi connectivity index (χ4n) is 3.88. The molecule has 176 valence electrons. The lowest BCUT2D eigenvalue weighted by Crippen LogP contribution is -2.70. The van der Waals surface area contributed by atoms with Gasteiger partial charge in [0.2, 0.25) is 0 Å². The molecule has 1 N–H and O–H groups in total. The van der Waals surface area contributed by atoms with Crippen LogP contribution in [-0.2, 0) is 14.9 Å². The summed E-state index contributed by atoms with van der Waals surface area (Å²) in [7, 11) is 1.27. The summed E-state index contributed by atoms with van der Waals surface area (Å²) in [5.74, 6) is -5.36. The van der Waals surface area contributed by atoms with Crippen molar-refractivity contribution in [2.24, 2.45) is 0 Å². The van der Waals surface area contributed by atoms with Crippen molar-refractivity contribution in [2.75, 3.05) is 13.7 Å². The highest BCUT2D eigenvalue weighted by Gasteiger charge is 2.53. The first-order chi connectivity index (χ1) is 15.5. The van der Waals surface area contributed by atoms with Gasteiger partial charge in [-0.05, 0) is 32.0 Å². The first-order valence-electron chi connectivity index (χ1n) is 9.69. The van der Waals surface area contributed by atoms with Gasteiger partial charge in [0, 0.05) is 37.4 Å². The number of Topliss-reactive ketones (excluding diaryl/α,β-unsaturated/α-hetero) is 1. The van der Waals surface area contributed by atoms with Gasteiger partial charge in [-0.15, -0.1) is 0 Å². The number of nitrogens with zero attached hydrogens (tertiary/aromatic N) is 2. The lowest BCUT2D eigenvalue weighted by molar-refractivity contribution is -0.384. The molecule has 0 saturated carbocycles. The summed E-state index contributed by atoms with van der Waals surface area (Å²) in [5, 5.41) is 13.6. The van der Waals surface area contributed by atoms with Gasteiger partial charge in [0.1, 0.15) is 11.5 Å². The molecule has 12 heteroatoms. The van der Waals surface area contributed by atoms with E-state index >= 15 is 0 Å². The van der Waals surface area contributed by atoms with Gasteiger partial charge in [0.25, 0.3) is 5.69 Å². The Bertz CT molecular complexity index is 1100. The molecule has 2 aromatic rings. The molecule has 1 fully saturated rings. The van der Waals surface area contributed by atoms with Crippen molar-refractivity contribution in [3.05, 3.63) is 69.5 Å². The number of halogens is 3. The minimum absolute atomic E-state index is 0.0356. The topological polar surface area (TPSA) is 111 Å². The van der Waals surface area contributed by atoms with Gasteiger partial charge >= 0.3 is 6.09 Å². The Hall–Kier alpha value is -3.51. The van der Waals surface area contributed by atoms with Crippen molar-refractivity contribution in [3.8, 4) is 5.75 Å². The van der Waals surface area contributed by atoms with E-state index in [9.17, 15) is 32.9 Å². The molecule has 3 unspecified atom stereocenters. The Labute approximate surface area is 186 Å². The van der Waals surface area contributed by atoms with Crippen LogP contribution in [0.1, 0.15) is 19.4 Å². The van der Waals surface area contributed by atoms with Gasteiger partial charge in [-0.2, -0.15) is 0 Å². The minimum atomic E-state index is -1.80. The average molecular weight is 467 g/mol. The number of ether oxygens (including phenoxy) is 2. The Kier molecular flexibility index (Phi) is 6.70. The zero-order chi connectivity index (χ0) is 24.5. The first-order valence-corrected chi connectivity index (χ1v) is 9.69. The Morgan fingerprint density at radius 1 is 1.15 bits per heavy atom. The first kappa shape index (κ1) is 24.1. The SMILES string of the molecule is COC1NC(C)C(C(C)=O)(c2ccc(F)c(F)c2F)CN1C(=O)Oc1ccc([N+](=O)[O-])cc1. The standard InChI is InChI=1S/C21H20F3N3O6/c1-11-21(12(2)28,15-8-9-16(22)18(24)17(15)23)10-26(19(25-11)32-3)20(29)33-14-6-4-13(5-7-14)27(30)31/h4-9,11,19,25H,10H2,1-3H3. The highest BCUT2D eigenvalue weighted by molar-refractivity contribution is 5.90. The number of amides is 1. The van der Waals surface area contributed by atoms with Crippen molar-refractivity contribution in [3.63, 3.8) is 0 Å². The average Bonchev–Trinajstić information content (AvgIpc) is 2.77. The molecule has 2 aromatic carbocycles. The van der Waals surface area contributed by atoms with E-state index in [-0.39, 0.29) is 11.4 Å². The predicted octanol–water partition coefficient (Wildman–Crippen LogP) is 3.26. The lowest BCUT2D eigenvalue weighted by atomic mass is 9.70. The quantitative estimate of drug-likeness (QED) is 0.408. The number of ketones is 1. The smallest absolute Gasteiger partial charge is 0.410 e. The van der Waals surface area contributed by atoms with Crippen LogP contribution >= 0.6 is 0 Å². The van der Waals surface area contributed by atoms with Crippen LogP contribution in [0.2, 0.25) is 0 Å². The van der Waals surface area contributed by atoms with Gasteiger partial charge in [0.05, 0.1) is 10.3 Å². The highest BCUT2D eigenvalue weighted by atomic mass is 19.2. The minimum Gasteiger partial charge on any atom is -0.410 e. The van der Waals surface area contributed by atoms with Crippen molar-refractivity contribution in [2.45, 2.75) is 31.7 Å². The lowest BCUT2D eigenvalue weighted by Gasteiger charge is -2.49. The maximum atomic E-state index is 14.8. The van der Waals surface area contributed by atoms with Crippen molar-refractivity contribution in [1.82, 2.24) is 10.2 Å². The number of benzene rings is 2. The normalized spacial score (nSPS) is 22.7. The molecule has 1 aliphatic heterocycles. The summed E-state index contributed by atoms with van der Waals surface area (Å²) in [6, 6.07) is 5.46. The summed E-state index contributed by atoms with van der Waals surface area (Å²) >= 11 is 0. The van der Waals surface area contributed by atoms with E-state index in [4.69, 9.17) is 9.47 Å². The van der Waals surface area contributed by atoms with Crippen LogP contribution in [0, 0.1) is 27.6 Å². The maximum Gasteiger partial charge on any atom is 0.418 e. The summed E-state index contributed by atoms with van der Waals surface area (Å²) in [5.41, 5.74) is -2.46. The Morgan fingerprint density at radius 2 is 1.79 bits per heavy atom. The second kappa shape index (κ2) is 9.16. The molecule has 1 aliphatic rings. The third kappa shape index (κ3) is 4.26. The van der Waals surface area contributed by atoms with Gasteiger partial charge in [-0.1, -0.05) is 6.07 Å². The number of hydrogen-bond donors (Lipinski definition) is 1. The van der Waals surface area contributed by atoms with Crippen molar-refractivity contribution in [1.29, 1.82) is 0 Å². The number of carbonyl (C=O) groups excluding carboxylic acids is 2. The summed E-state index contributed by atoms with van der Waals surface area (Å²) in [4.78, 5) is 36.8. The molecule has 1 amide bonds. The van der Waals surface area contributed by atoms with Crippen LogP contribution in [0.25, 0.3) is 0 Å². The molecular weight excluding hydrogens is 447 g/mol. The van der Waals surface area contributed by atoms with E-state index in [2.05, 4.69) is 5.32 Å². The number of rotatable bonds is 5. The van der Waals surface area contributed by atoms with Gasteiger partial charge in [-0.3, -0.25) is 25.1 Å². The van der Waals surface area contributed by atoms with Crippen LogP contribution in [-0.4, -0.2) is 47.7 Å². The molecule has 3 rings (SSSR count). The maximum absolute atomic E-state index is 14.8. The molecular formula is C21H20F3N3O6. The predicted molar refractivity (Wildman–Crippen MR) is 108 cm³/mol. The second-order valence-corrected chi connectivity index (χ2v) is 7.47. The van der Waals surface area contributed by atoms with Gasteiger partial charge in [-0.25, -0.2) is 18.0 Å². The number of carbonyl (C=O) groups is 2. The second-order valence-electron chi connectivity index (χ2n) is 7.47. The summed E-state index contributed by atoms with van der Waals surface area (Å²) < 4.78 is 52.8. The number of hydrogen-bond acceptors (Lipinski definition) is 7. The van der Waals surface area contributed by atoms with Crippen LogP contribution in [0.4, 0.5) is 23.7 Å². The zero-order valence-electron chi connectivity index (χ0n) is 17.8. The molecule has 0 spiro atoms. The molecule has 0 aliphatic carbocycles. The third-order valence-corrected chi connectivity index (χ3v) is 5.69. The number of methoxy groups -OCH3 is 1.